The Bertz CT molecular complexity index is 1050. The van der Waals surface area contributed by atoms with Crippen molar-refractivity contribution in [1.82, 2.24) is 19.6 Å². The molecule has 0 aliphatic heterocycles. The fourth-order valence-electron chi connectivity index (χ4n) is 2.35. The van der Waals surface area contributed by atoms with Gasteiger partial charge in [0.2, 0.25) is 0 Å². The maximum absolute atomic E-state index is 12.7. The summed E-state index contributed by atoms with van der Waals surface area (Å²) in [5.74, 6) is 1.04. The van der Waals surface area contributed by atoms with Gasteiger partial charge in [0.15, 0.2) is 0 Å². The van der Waals surface area contributed by atoms with Crippen molar-refractivity contribution in [3.05, 3.63) is 35.7 Å². The van der Waals surface area contributed by atoms with Crippen LogP contribution in [0, 0.1) is 13.8 Å². The van der Waals surface area contributed by atoms with Crippen LogP contribution in [0.5, 0.6) is 11.5 Å². The molecule has 0 saturated heterocycles. The van der Waals surface area contributed by atoms with E-state index < -0.39 is 10.0 Å². The average molecular weight is 363 g/mol. The molecule has 1 N–H and O–H groups in total. The van der Waals surface area contributed by atoms with Crippen molar-refractivity contribution in [3.63, 3.8) is 0 Å². The van der Waals surface area contributed by atoms with Crippen LogP contribution in [-0.4, -0.2) is 42.2 Å². The number of aryl methyl sites for hydroxylation is 2. The first-order valence-electron chi connectivity index (χ1n) is 7.30. The number of methoxy groups -OCH3 is 2. The van der Waals surface area contributed by atoms with E-state index in [1.807, 2.05) is 0 Å². The minimum absolute atomic E-state index is 0.218. The fourth-order valence-corrected chi connectivity index (χ4v) is 3.28. The van der Waals surface area contributed by atoms with Crippen LogP contribution in [0.15, 0.2) is 29.4 Å². The van der Waals surface area contributed by atoms with Gasteiger partial charge in [-0.05, 0) is 32.0 Å². The largest absolute Gasteiger partial charge is 0.497 e. The molecular weight excluding hydrogens is 346 g/mol. The first-order chi connectivity index (χ1) is 11.8. The maximum atomic E-state index is 12.7. The van der Waals surface area contributed by atoms with E-state index in [9.17, 15) is 8.42 Å². The molecule has 132 valence electrons. The molecule has 0 bridgehead atoms. The highest BCUT2D eigenvalue weighted by atomic mass is 32.2. The molecule has 10 heteroatoms. The maximum Gasteiger partial charge on any atom is 0.299 e. The van der Waals surface area contributed by atoms with E-state index in [1.165, 1.54) is 24.8 Å². The van der Waals surface area contributed by atoms with Crippen LogP contribution >= 0.6 is 0 Å². The van der Waals surface area contributed by atoms with Crippen molar-refractivity contribution >= 4 is 21.5 Å². The van der Waals surface area contributed by atoms with Crippen molar-refractivity contribution in [2.45, 2.75) is 19.0 Å². The highest BCUT2D eigenvalue weighted by Crippen LogP contribution is 2.30. The molecule has 3 rings (SSSR count). The van der Waals surface area contributed by atoms with Crippen LogP contribution in [-0.2, 0) is 10.0 Å². The molecule has 0 amide bonds. The molecular formula is C15H17N5O4S. The quantitative estimate of drug-likeness (QED) is 0.733. The Hall–Kier alpha value is -2.88. The van der Waals surface area contributed by atoms with Gasteiger partial charge < -0.3 is 9.47 Å². The molecule has 0 fully saturated rings. The van der Waals surface area contributed by atoms with E-state index in [1.54, 1.807) is 32.0 Å². The molecule has 0 aliphatic carbocycles. The predicted molar refractivity (Wildman–Crippen MR) is 90.6 cm³/mol. The third kappa shape index (κ3) is 3.20. The smallest absolute Gasteiger partial charge is 0.299 e. The van der Waals surface area contributed by atoms with Crippen molar-refractivity contribution in [2.75, 3.05) is 18.9 Å². The van der Waals surface area contributed by atoms with Gasteiger partial charge in [-0.25, -0.2) is 9.50 Å². The first-order valence-corrected chi connectivity index (χ1v) is 8.78. The van der Waals surface area contributed by atoms with Gasteiger partial charge in [-0.2, -0.15) is 13.4 Å². The van der Waals surface area contributed by atoms with E-state index in [0.29, 0.717) is 11.5 Å². The summed E-state index contributed by atoms with van der Waals surface area (Å²) in [5, 5.41) is 3.66. The SMILES string of the molecule is COc1ccc(OC)c(NS(=O)(=O)c2nc3nc(C)cc(C)n3n2)c1. The van der Waals surface area contributed by atoms with Crippen molar-refractivity contribution in [2.24, 2.45) is 0 Å². The number of aromatic nitrogens is 4. The van der Waals surface area contributed by atoms with E-state index in [0.717, 1.165) is 11.4 Å². The van der Waals surface area contributed by atoms with E-state index in [4.69, 9.17) is 9.47 Å². The lowest BCUT2D eigenvalue weighted by Gasteiger charge is -2.11. The molecule has 0 aliphatic rings. The van der Waals surface area contributed by atoms with Gasteiger partial charge in [-0.3, -0.25) is 4.72 Å². The fraction of sp³-hybridized carbons (Fsp3) is 0.267. The number of nitrogens with one attached hydrogen (secondary N) is 1. The molecule has 2 heterocycles. The standard InChI is InChI=1S/C15H17N5O4S/c1-9-7-10(2)20-14(16-9)17-15(18-20)25(21,22)19-12-8-11(23-3)5-6-13(12)24-4/h5-8,19H,1-4H3. The average Bonchev–Trinajstić information content (AvgIpc) is 2.99. The van der Waals surface area contributed by atoms with Gasteiger partial charge >= 0.3 is 0 Å². The monoisotopic (exact) mass is 363 g/mol. The number of fused-ring (bicyclic) bond motifs is 1. The Balaban J connectivity index is 2.04. The number of ether oxygens (including phenoxy) is 2. The van der Waals surface area contributed by atoms with E-state index >= 15 is 0 Å². The van der Waals surface area contributed by atoms with Crippen molar-refractivity contribution in [1.29, 1.82) is 0 Å². The lowest BCUT2D eigenvalue weighted by atomic mass is 10.3. The third-order valence-corrected chi connectivity index (χ3v) is 4.63. The number of benzene rings is 1. The molecule has 0 atom stereocenters. The van der Waals surface area contributed by atoms with E-state index in [2.05, 4.69) is 19.8 Å². The van der Waals surface area contributed by atoms with Gasteiger partial charge in [-0.15, -0.1) is 5.10 Å². The molecule has 2 aromatic heterocycles. The highest BCUT2D eigenvalue weighted by molar-refractivity contribution is 7.92. The summed E-state index contributed by atoms with van der Waals surface area (Å²) in [4.78, 5) is 8.21. The topological polar surface area (TPSA) is 108 Å². The summed E-state index contributed by atoms with van der Waals surface area (Å²) in [6.45, 7) is 3.60. The summed E-state index contributed by atoms with van der Waals surface area (Å²) in [6.07, 6.45) is 0. The molecule has 1 aromatic carbocycles. The minimum atomic E-state index is -4.03. The summed E-state index contributed by atoms with van der Waals surface area (Å²) in [6, 6.07) is 6.56. The summed E-state index contributed by atoms with van der Waals surface area (Å²) in [5.41, 5.74) is 1.68. The Labute approximate surface area is 144 Å². The van der Waals surface area contributed by atoms with Gasteiger partial charge in [0, 0.05) is 17.5 Å². The number of hydrogen-bond acceptors (Lipinski definition) is 7. The first kappa shape index (κ1) is 17.0. The second kappa shape index (κ2) is 6.20. The number of nitrogens with zero attached hydrogens (tertiary/aromatic N) is 4. The number of hydrogen-bond donors (Lipinski definition) is 1. The van der Waals surface area contributed by atoms with Gasteiger partial charge in [0.25, 0.3) is 21.0 Å². The van der Waals surface area contributed by atoms with Crippen molar-refractivity contribution < 1.29 is 17.9 Å². The number of rotatable bonds is 5. The number of sulfonamides is 1. The molecule has 0 unspecified atom stereocenters. The minimum Gasteiger partial charge on any atom is -0.497 e. The van der Waals surface area contributed by atoms with Crippen LogP contribution in [0.25, 0.3) is 5.78 Å². The Morgan fingerprint density at radius 1 is 1.08 bits per heavy atom. The molecule has 9 nitrogen and oxygen atoms in total. The van der Waals surface area contributed by atoms with Crippen LogP contribution < -0.4 is 14.2 Å². The zero-order valence-electron chi connectivity index (χ0n) is 14.1. The zero-order chi connectivity index (χ0) is 18.2. The lowest BCUT2D eigenvalue weighted by molar-refractivity contribution is 0.405. The second-order valence-electron chi connectivity index (χ2n) is 5.32. The Morgan fingerprint density at radius 3 is 2.52 bits per heavy atom. The molecule has 0 spiro atoms. The summed E-state index contributed by atoms with van der Waals surface area (Å²) >= 11 is 0. The molecule has 0 radical (unpaired) electrons. The summed E-state index contributed by atoms with van der Waals surface area (Å²) < 4.78 is 39.4. The highest BCUT2D eigenvalue weighted by Gasteiger charge is 2.23. The van der Waals surface area contributed by atoms with Crippen LogP contribution in [0.4, 0.5) is 5.69 Å². The van der Waals surface area contributed by atoms with Crippen LogP contribution in [0.1, 0.15) is 11.4 Å². The molecule has 3 aromatic rings. The molecule has 0 saturated carbocycles. The van der Waals surface area contributed by atoms with Gasteiger partial charge in [-0.1, -0.05) is 0 Å². The Morgan fingerprint density at radius 2 is 1.84 bits per heavy atom. The Kier molecular flexibility index (Phi) is 4.21. The second-order valence-corrected chi connectivity index (χ2v) is 6.89. The van der Waals surface area contributed by atoms with Gasteiger partial charge in [0.05, 0.1) is 19.9 Å². The van der Waals surface area contributed by atoms with Crippen LogP contribution in [0.2, 0.25) is 0 Å². The third-order valence-electron chi connectivity index (χ3n) is 3.49. The zero-order valence-corrected chi connectivity index (χ0v) is 15.0. The van der Waals surface area contributed by atoms with E-state index in [-0.39, 0.29) is 16.6 Å². The van der Waals surface area contributed by atoms with Crippen LogP contribution in [0.3, 0.4) is 0 Å². The summed E-state index contributed by atoms with van der Waals surface area (Å²) in [7, 11) is -1.10. The number of anilines is 1. The van der Waals surface area contributed by atoms with Gasteiger partial charge in [0.1, 0.15) is 11.5 Å². The predicted octanol–water partition coefficient (Wildman–Crippen LogP) is 1.56. The molecule has 25 heavy (non-hydrogen) atoms. The van der Waals surface area contributed by atoms with Crippen molar-refractivity contribution in [3.8, 4) is 11.5 Å². The lowest BCUT2D eigenvalue weighted by Crippen LogP contribution is -2.15. The normalized spacial score (nSPS) is 11.5.